The van der Waals surface area contributed by atoms with Gasteiger partial charge in [-0.2, -0.15) is 13.2 Å². The van der Waals surface area contributed by atoms with Crippen molar-refractivity contribution in [3.63, 3.8) is 0 Å². The van der Waals surface area contributed by atoms with Gasteiger partial charge in [0.15, 0.2) is 11.0 Å². The Hall–Kier alpha value is -2.76. The highest BCUT2D eigenvalue weighted by Crippen LogP contribution is 2.34. The number of nitrogens with one attached hydrogen (secondary N) is 2. The number of carbonyl (C=O) groups is 2. The van der Waals surface area contributed by atoms with Crippen LogP contribution >= 0.6 is 35.0 Å². The molecule has 0 saturated carbocycles. The van der Waals surface area contributed by atoms with E-state index < -0.39 is 23.7 Å². The SMILES string of the molecule is CCn1c(SCC(=O)Nc2cc(C(F)(F)F)ccc2Cl)nnc1[C@@H](C)NC(=O)c1ccccc1Cl. The van der Waals surface area contributed by atoms with Crippen LogP contribution in [0.15, 0.2) is 47.6 Å². The maximum atomic E-state index is 12.9. The fraction of sp³-hybridized carbons (Fsp3) is 0.273. The van der Waals surface area contributed by atoms with Crippen molar-refractivity contribution in [1.29, 1.82) is 0 Å². The van der Waals surface area contributed by atoms with E-state index in [0.717, 1.165) is 30.0 Å². The van der Waals surface area contributed by atoms with E-state index in [4.69, 9.17) is 23.2 Å². The number of amides is 2. The standard InChI is InChI=1S/C22H20Cl2F3N5O2S/c1-3-32-19(12(2)28-20(34)14-6-4-5-7-15(14)23)30-31-21(32)35-11-18(33)29-17-10-13(22(25,26)27)8-9-16(17)24/h4-10,12H,3,11H2,1-2H3,(H,28,34)(H,29,33)/t12-/m1/s1. The van der Waals surface area contributed by atoms with Crippen LogP contribution in [-0.4, -0.2) is 32.3 Å². The maximum absolute atomic E-state index is 12.9. The quantitative estimate of drug-likeness (QED) is 0.347. The van der Waals surface area contributed by atoms with Crippen LogP contribution in [0.1, 0.15) is 41.6 Å². The zero-order chi connectivity index (χ0) is 25.8. The van der Waals surface area contributed by atoms with Crippen molar-refractivity contribution in [2.75, 3.05) is 11.1 Å². The topological polar surface area (TPSA) is 88.9 Å². The van der Waals surface area contributed by atoms with Crippen LogP contribution in [0.3, 0.4) is 0 Å². The third kappa shape index (κ3) is 6.68. The molecule has 0 radical (unpaired) electrons. The summed E-state index contributed by atoms with van der Waals surface area (Å²) in [4.78, 5) is 24.9. The Balaban J connectivity index is 1.66. The van der Waals surface area contributed by atoms with Crippen molar-refractivity contribution >= 4 is 52.5 Å². The van der Waals surface area contributed by atoms with Gasteiger partial charge in [0.1, 0.15) is 0 Å². The summed E-state index contributed by atoms with van der Waals surface area (Å²) in [6.07, 6.45) is -4.56. The molecule has 0 bridgehead atoms. The van der Waals surface area contributed by atoms with Crippen molar-refractivity contribution in [3.05, 3.63) is 69.5 Å². The number of rotatable bonds is 8. The lowest BCUT2D eigenvalue weighted by molar-refractivity contribution is -0.137. The molecule has 0 fully saturated rings. The monoisotopic (exact) mass is 545 g/mol. The van der Waals surface area contributed by atoms with Gasteiger partial charge in [0.25, 0.3) is 5.91 Å². The molecule has 35 heavy (non-hydrogen) atoms. The van der Waals surface area contributed by atoms with Gasteiger partial charge < -0.3 is 15.2 Å². The van der Waals surface area contributed by atoms with Crippen LogP contribution in [0, 0.1) is 0 Å². The number of carbonyl (C=O) groups excluding carboxylic acids is 2. The molecule has 0 aliphatic heterocycles. The minimum atomic E-state index is -4.56. The number of hydrogen-bond donors (Lipinski definition) is 2. The van der Waals surface area contributed by atoms with E-state index in [-0.39, 0.29) is 22.4 Å². The van der Waals surface area contributed by atoms with Crippen LogP contribution in [0.4, 0.5) is 18.9 Å². The van der Waals surface area contributed by atoms with E-state index in [1.807, 2.05) is 6.92 Å². The Morgan fingerprint density at radius 3 is 2.49 bits per heavy atom. The first-order valence-electron chi connectivity index (χ1n) is 10.3. The summed E-state index contributed by atoms with van der Waals surface area (Å²) in [5.41, 5.74) is -0.739. The Labute approximate surface area is 213 Å². The average molecular weight is 546 g/mol. The molecule has 186 valence electrons. The van der Waals surface area contributed by atoms with Gasteiger partial charge in [-0.25, -0.2) is 0 Å². The third-order valence-electron chi connectivity index (χ3n) is 4.82. The fourth-order valence-electron chi connectivity index (χ4n) is 3.12. The highest BCUT2D eigenvalue weighted by Gasteiger charge is 2.31. The van der Waals surface area contributed by atoms with Crippen molar-refractivity contribution in [2.45, 2.75) is 37.8 Å². The normalized spacial score (nSPS) is 12.3. The van der Waals surface area contributed by atoms with E-state index in [1.165, 1.54) is 0 Å². The molecule has 1 heterocycles. The van der Waals surface area contributed by atoms with Crippen molar-refractivity contribution in [1.82, 2.24) is 20.1 Å². The molecular weight excluding hydrogens is 526 g/mol. The molecule has 0 saturated heterocycles. The molecule has 0 unspecified atom stereocenters. The number of nitrogens with zero attached hydrogens (tertiary/aromatic N) is 3. The van der Waals surface area contributed by atoms with Crippen LogP contribution in [0.5, 0.6) is 0 Å². The molecule has 13 heteroatoms. The fourth-order valence-corrected chi connectivity index (χ4v) is 4.32. The largest absolute Gasteiger partial charge is 0.416 e. The molecule has 2 amide bonds. The Bertz CT molecular complexity index is 1240. The lowest BCUT2D eigenvalue weighted by Crippen LogP contribution is -2.29. The number of alkyl halides is 3. The summed E-state index contributed by atoms with van der Waals surface area (Å²) < 4.78 is 40.6. The van der Waals surface area contributed by atoms with Gasteiger partial charge in [-0.05, 0) is 44.2 Å². The zero-order valence-corrected chi connectivity index (χ0v) is 20.8. The number of thioether (sulfide) groups is 1. The predicted octanol–water partition coefficient (Wildman–Crippen LogP) is 5.85. The van der Waals surface area contributed by atoms with E-state index in [0.29, 0.717) is 28.1 Å². The van der Waals surface area contributed by atoms with Crippen molar-refractivity contribution in [3.8, 4) is 0 Å². The summed E-state index contributed by atoms with van der Waals surface area (Å²) in [7, 11) is 0. The Morgan fingerprint density at radius 1 is 1.11 bits per heavy atom. The second kappa shape index (κ2) is 11.3. The number of benzene rings is 2. The first kappa shape index (κ1) is 26.8. The molecule has 0 aliphatic carbocycles. The molecule has 3 rings (SSSR count). The minimum Gasteiger partial charge on any atom is -0.342 e. The molecule has 3 aromatic rings. The Morgan fingerprint density at radius 2 is 1.83 bits per heavy atom. The summed E-state index contributed by atoms with van der Waals surface area (Å²) in [6, 6.07) is 8.81. The lowest BCUT2D eigenvalue weighted by Gasteiger charge is -2.15. The van der Waals surface area contributed by atoms with Crippen molar-refractivity contribution < 1.29 is 22.8 Å². The van der Waals surface area contributed by atoms with Crippen molar-refractivity contribution in [2.24, 2.45) is 0 Å². The molecule has 1 atom stereocenters. The Kier molecular flexibility index (Phi) is 8.68. The summed E-state index contributed by atoms with van der Waals surface area (Å²) in [6.45, 7) is 4.04. The third-order valence-corrected chi connectivity index (χ3v) is 6.44. The lowest BCUT2D eigenvalue weighted by atomic mass is 10.2. The van der Waals surface area contributed by atoms with Crippen LogP contribution in [-0.2, 0) is 17.5 Å². The van der Waals surface area contributed by atoms with Gasteiger partial charge in [0.2, 0.25) is 5.91 Å². The molecule has 0 aliphatic rings. The highest BCUT2D eigenvalue weighted by molar-refractivity contribution is 7.99. The second-order valence-electron chi connectivity index (χ2n) is 7.29. The number of anilines is 1. The zero-order valence-electron chi connectivity index (χ0n) is 18.5. The van der Waals surface area contributed by atoms with E-state index in [9.17, 15) is 22.8 Å². The second-order valence-corrected chi connectivity index (χ2v) is 9.05. The molecule has 1 aromatic heterocycles. The molecule has 7 nitrogen and oxygen atoms in total. The van der Waals surface area contributed by atoms with Gasteiger partial charge in [-0.1, -0.05) is 47.1 Å². The molecule has 2 aromatic carbocycles. The van der Waals surface area contributed by atoms with Crippen LogP contribution < -0.4 is 10.6 Å². The summed E-state index contributed by atoms with van der Waals surface area (Å²) >= 11 is 13.1. The summed E-state index contributed by atoms with van der Waals surface area (Å²) in [5.74, 6) is -0.619. The van der Waals surface area contributed by atoms with Crippen LogP contribution in [0.2, 0.25) is 10.0 Å². The molecular formula is C22H20Cl2F3N5O2S. The number of hydrogen-bond acceptors (Lipinski definition) is 5. The first-order valence-corrected chi connectivity index (χ1v) is 12.0. The first-order chi connectivity index (χ1) is 16.5. The number of aromatic nitrogens is 3. The maximum Gasteiger partial charge on any atom is 0.416 e. The smallest absolute Gasteiger partial charge is 0.342 e. The van der Waals surface area contributed by atoms with E-state index in [2.05, 4.69) is 20.8 Å². The minimum absolute atomic E-state index is 0.0153. The predicted molar refractivity (Wildman–Crippen MR) is 129 cm³/mol. The van der Waals surface area contributed by atoms with Gasteiger partial charge in [-0.3, -0.25) is 9.59 Å². The number of halogens is 5. The van der Waals surface area contributed by atoms with E-state index in [1.54, 1.807) is 35.8 Å². The van der Waals surface area contributed by atoms with Crippen LogP contribution in [0.25, 0.3) is 0 Å². The van der Waals surface area contributed by atoms with Gasteiger partial charge >= 0.3 is 6.18 Å². The van der Waals surface area contributed by atoms with Gasteiger partial charge in [-0.15, -0.1) is 10.2 Å². The highest BCUT2D eigenvalue weighted by atomic mass is 35.5. The molecule has 0 spiro atoms. The molecule has 2 N–H and O–H groups in total. The summed E-state index contributed by atoms with van der Waals surface area (Å²) in [5, 5.41) is 14.2. The average Bonchev–Trinajstić information content (AvgIpc) is 3.21. The van der Waals surface area contributed by atoms with Gasteiger partial charge in [0, 0.05) is 6.54 Å². The van der Waals surface area contributed by atoms with E-state index >= 15 is 0 Å². The van der Waals surface area contributed by atoms with Gasteiger partial charge in [0.05, 0.1) is 38.7 Å².